The molecule has 2 aromatic heterocycles. The van der Waals surface area contributed by atoms with Crippen LogP contribution in [0.25, 0.3) is 0 Å². The van der Waals surface area contributed by atoms with Gasteiger partial charge in [0.05, 0.1) is 24.2 Å². The maximum atomic E-state index is 5.86. The quantitative estimate of drug-likeness (QED) is 0.804. The summed E-state index contributed by atoms with van der Waals surface area (Å²) in [4.78, 5) is 4.22. The van der Waals surface area contributed by atoms with Crippen LogP contribution in [0.5, 0.6) is 0 Å². The number of hydrogen-bond donors (Lipinski definition) is 0. The molecule has 0 N–H and O–H groups in total. The second-order valence-corrected chi connectivity index (χ2v) is 5.45. The molecule has 2 aromatic rings. The Morgan fingerprint density at radius 1 is 1.21 bits per heavy atom. The molecule has 4 nitrogen and oxygen atoms in total. The maximum Gasteiger partial charge on any atom is 0.123 e. The van der Waals surface area contributed by atoms with Crippen molar-refractivity contribution in [3.8, 4) is 0 Å². The van der Waals surface area contributed by atoms with Gasteiger partial charge in [-0.1, -0.05) is 19.3 Å². The Kier molecular flexibility index (Phi) is 3.87. The highest BCUT2D eigenvalue weighted by molar-refractivity contribution is 6.16. The van der Waals surface area contributed by atoms with Gasteiger partial charge in [0.25, 0.3) is 0 Å². The van der Waals surface area contributed by atoms with Crippen LogP contribution in [-0.4, -0.2) is 19.3 Å². The third-order valence-corrected chi connectivity index (χ3v) is 4.11. The molecular formula is C14H19ClN4. The molecule has 0 unspecified atom stereocenters. The van der Waals surface area contributed by atoms with E-state index in [0.717, 1.165) is 18.1 Å². The largest absolute Gasteiger partial charge is 0.328 e. The zero-order chi connectivity index (χ0) is 13.1. The summed E-state index contributed by atoms with van der Waals surface area (Å²) in [7, 11) is 0. The van der Waals surface area contributed by atoms with Crippen molar-refractivity contribution < 1.29 is 0 Å². The number of hydrogen-bond acceptors (Lipinski definition) is 2. The molecule has 19 heavy (non-hydrogen) atoms. The molecule has 0 bridgehead atoms. The molecule has 0 atom stereocenters. The van der Waals surface area contributed by atoms with Crippen molar-refractivity contribution in [2.75, 3.05) is 0 Å². The predicted octanol–water partition coefficient (Wildman–Crippen LogP) is 3.37. The number of alkyl halides is 1. The van der Waals surface area contributed by atoms with Gasteiger partial charge in [-0.2, -0.15) is 5.10 Å². The highest BCUT2D eigenvalue weighted by Gasteiger charge is 2.16. The second-order valence-electron chi connectivity index (χ2n) is 5.18. The first-order valence-corrected chi connectivity index (χ1v) is 7.50. The molecule has 1 aliphatic carbocycles. The van der Waals surface area contributed by atoms with E-state index in [1.165, 1.54) is 32.1 Å². The van der Waals surface area contributed by atoms with Crippen LogP contribution in [0.3, 0.4) is 0 Å². The molecule has 5 heteroatoms. The third-order valence-electron chi connectivity index (χ3n) is 3.87. The zero-order valence-electron chi connectivity index (χ0n) is 11.0. The van der Waals surface area contributed by atoms with Gasteiger partial charge in [0.1, 0.15) is 5.82 Å². The van der Waals surface area contributed by atoms with Crippen LogP contribution in [0.2, 0.25) is 0 Å². The summed E-state index contributed by atoms with van der Waals surface area (Å²) < 4.78 is 4.20. The lowest BCUT2D eigenvalue weighted by Crippen LogP contribution is -2.14. The Morgan fingerprint density at radius 2 is 2.05 bits per heavy atom. The summed E-state index contributed by atoms with van der Waals surface area (Å²) in [6.45, 7) is 0.752. The zero-order valence-corrected chi connectivity index (χ0v) is 11.8. The van der Waals surface area contributed by atoms with Crippen LogP contribution < -0.4 is 0 Å². The molecule has 0 spiro atoms. The van der Waals surface area contributed by atoms with E-state index >= 15 is 0 Å². The van der Waals surface area contributed by atoms with E-state index in [1.807, 2.05) is 6.20 Å². The molecule has 1 saturated carbocycles. The Hall–Kier alpha value is -1.29. The van der Waals surface area contributed by atoms with E-state index in [0.29, 0.717) is 11.9 Å². The van der Waals surface area contributed by atoms with Crippen molar-refractivity contribution in [2.24, 2.45) is 0 Å². The average Bonchev–Trinajstić information content (AvgIpc) is 3.09. The summed E-state index contributed by atoms with van der Waals surface area (Å²) >= 11 is 5.86. The summed E-state index contributed by atoms with van der Waals surface area (Å²) in [5, 5.41) is 4.71. The molecule has 0 saturated heterocycles. The van der Waals surface area contributed by atoms with Gasteiger partial charge in [-0.25, -0.2) is 4.98 Å². The molecular weight excluding hydrogens is 260 g/mol. The monoisotopic (exact) mass is 278 g/mol. The Morgan fingerprint density at radius 3 is 2.84 bits per heavy atom. The predicted molar refractivity (Wildman–Crippen MR) is 75.2 cm³/mol. The molecule has 1 fully saturated rings. The highest BCUT2D eigenvalue weighted by atomic mass is 35.5. The highest BCUT2D eigenvalue weighted by Crippen LogP contribution is 2.27. The first kappa shape index (κ1) is 12.7. The Bertz CT molecular complexity index is 525. The van der Waals surface area contributed by atoms with Gasteiger partial charge >= 0.3 is 0 Å². The summed E-state index contributed by atoms with van der Waals surface area (Å²) in [6, 6.07) is 2.70. The SMILES string of the molecule is ClCc1nccn1Cc1ccn(C2CCCCC2)n1. The summed E-state index contributed by atoms with van der Waals surface area (Å²) in [5.41, 5.74) is 1.08. The van der Waals surface area contributed by atoms with Crippen LogP contribution in [0.4, 0.5) is 0 Å². The number of imidazole rings is 1. The van der Waals surface area contributed by atoms with Gasteiger partial charge in [0, 0.05) is 18.6 Å². The van der Waals surface area contributed by atoms with Gasteiger partial charge in [0.2, 0.25) is 0 Å². The van der Waals surface area contributed by atoms with E-state index in [1.54, 1.807) is 6.20 Å². The van der Waals surface area contributed by atoms with Crippen LogP contribution in [-0.2, 0) is 12.4 Å². The van der Waals surface area contributed by atoms with Gasteiger partial charge in [0.15, 0.2) is 0 Å². The molecule has 0 radical (unpaired) electrons. The van der Waals surface area contributed by atoms with Crippen molar-refractivity contribution in [2.45, 2.75) is 50.6 Å². The van der Waals surface area contributed by atoms with Gasteiger partial charge in [-0.3, -0.25) is 4.68 Å². The third kappa shape index (κ3) is 2.84. The van der Waals surface area contributed by atoms with E-state index in [9.17, 15) is 0 Å². The number of nitrogens with zero attached hydrogens (tertiary/aromatic N) is 4. The number of aromatic nitrogens is 4. The van der Waals surface area contributed by atoms with E-state index in [4.69, 9.17) is 16.7 Å². The fourth-order valence-corrected chi connectivity index (χ4v) is 3.02. The summed E-state index contributed by atoms with van der Waals surface area (Å²) in [5.74, 6) is 1.34. The second kappa shape index (κ2) is 5.78. The molecule has 1 aliphatic rings. The lowest BCUT2D eigenvalue weighted by atomic mass is 9.96. The minimum Gasteiger partial charge on any atom is -0.328 e. The number of halogens is 1. The van der Waals surface area contributed by atoms with Crippen molar-refractivity contribution in [3.05, 3.63) is 36.2 Å². The molecule has 102 valence electrons. The smallest absolute Gasteiger partial charge is 0.123 e. The van der Waals surface area contributed by atoms with Crippen molar-refractivity contribution in [1.82, 2.24) is 19.3 Å². The first-order chi connectivity index (χ1) is 9.36. The first-order valence-electron chi connectivity index (χ1n) is 6.97. The van der Waals surface area contributed by atoms with Crippen LogP contribution in [0.1, 0.15) is 49.7 Å². The van der Waals surface area contributed by atoms with Crippen molar-refractivity contribution in [3.63, 3.8) is 0 Å². The van der Waals surface area contributed by atoms with Crippen LogP contribution in [0, 0.1) is 0 Å². The fraction of sp³-hybridized carbons (Fsp3) is 0.571. The standard InChI is InChI=1S/C14H19ClN4/c15-10-14-16-7-9-18(14)11-12-6-8-19(17-12)13-4-2-1-3-5-13/h6-9,13H,1-5,10-11H2. The van der Waals surface area contributed by atoms with Crippen molar-refractivity contribution >= 4 is 11.6 Å². The number of rotatable bonds is 4. The topological polar surface area (TPSA) is 35.6 Å². The Labute approximate surface area is 118 Å². The molecule has 0 amide bonds. The van der Waals surface area contributed by atoms with Crippen LogP contribution >= 0.6 is 11.6 Å². The van der Waals surface area contributed by atoms with Gasteiger partial charge in [-0.05, 0) is 18.9 Å². The average molecular weight is 279 g/mol. The Balaban J connectivity index is 1.70. The van der Waals surface area contributed by atoms with Crippen molar-refractivity contribution in [1.29, 1.82) is 0 Å². The normalized spacial score (nSPS) is 16.9. The van der Waals surface area contributed by atoms with E-state index in [2.05, 4.69) is 26.5 Å². The molecule has 0 aromatic carbocycles. The molecule has 2 heterocycles. The van der Waals surface area contributed by atoms with Crippen LogP contribution in [0.15, 0.2) is 24.7 Å². The molecule has 0 aliphatic heterocycles. The van der Waals surface area contributed by atoms with E-state index < -0.39 is 0 Å². The summed E-state index contributed by atoms with van der Waals surface area (Å²) in [6.07, 6.45) is 12.4. The minimum atomic E-state index is 0.441. The lowest BCUT2D eigenvalue weighted by molar-refractivity contribution is 0.328. The fourth-order valence-electron chi connectivity index (χ4n) is 2.80. The van der Waals surface area contributed by atoms with Gasteiger partial charge < -0.3 is 4.57 Å². The minimum absolute atomic E-state index is 0.441. The maximum absolute atomic E-state index is 5.86. The lowest BCUT2D eigenvalue weighted by Gasteiger charge is -2.21. The molecule has 3 rings (SSSR count). The van der Waals surface area contributed by atoms with Gasteiger partial charge in [-0.15, -0.1) is 11.6 Å². The van der Waals surface area contributed by atoms with E-state index in [-0.39, 0.29) is 0 Å².